The first-order valence-corrected chi connectivity index (χ1v) is 5.29. The van der Waals surface area contributed by atoms with Crippen molar-refractivity contribution < 1.29 is 14.5 Å². The Balaban J connectivity index is 3.38. The molecule has 0 fully saturated rings. The third-order valence-electron chi connectivity index (χ3n) is 2.55. The zero-order valence-corrected chi connectivity index (χ0v) is 10.0. The maximum Gasteiger partial charge on any atom is 0.331 e. The monoisotopic (exact) mass is 248 g/mol. The van der Waals surface area contributed by atoms with Crippen molar-refractivity contribution >= 4 is 11.7 Å². The summed E-state index contributed by atoms with van der Waals surface area (Å²) >= 11 is 0. The van der Waals surface area contributed by atoms with Crippen LogP contribution in [-0.4, -0.2) is 17.5 Å². The van der Waals surface area contributed by atoms with E-state index in [9.17, 15) is 14.9 Å². The first-order chi connectivity index (χ1) is 8.47. The van der Waals surface area contributed by atoms with Crippen molar-refractivity contribution in [3.8, 4) is 6.07 Å². The Labute approximate surface area is 104 Å². The van der Waals surface area contributed by atoms with E-state index in [0.717, 1.165) is 0 Å². The van der Waals surface area contributed by atoms with Crippen molar-refractivity contribution in [3.05, 3.63) is 39.9 Å². The number of nitriles is 1. The first kappa shape index (κ1) is 13.6. The number of para-hydroxylation sites is 1. The van der Waals surface area contributed by atoms with E-state index in [4.69, 9.17) is 10.00 Å². The number of nitro benzene ring substituents is 1. The number of carbonyl (C=O) groups excluding carboxylic acids is 1. The summed E-state index contributed by atoms with van der Waals surface area (Å²) in [5, 5.41) is 20.1. The highest BCUT2D eigenvalue weighted by atomic mass is 16.6. The van der Waals surface area contributed by atoms with E-state index in [1.165, 1.54) is 31.2 Å². The molecule has 0 aliphatic carbocycles. The molecule has 0 amide bonds. The molecule has 0 N–H and O–H groups in total. The summed E-state index contributed by atoms with van der Waals surface area (Å²) in [5.41, 5.74) is -1.91. The summed E-state index contributed by atoms with van der Waals surface area (Å²) in [7, 11) is 0. The lowest BCUT2D eigenvalue weighted by Gasteiger charge is -2.19. The molecule has 0 aromatic heterocycles. The van der Waals surface area contributed by atoms with Crippen LogP contribution in [0.4, 0.5) is 5.69 Å². The average molecular weight is 248 g/mol. The smallest absolute Gasteiger partial charge is 0.331 e. The van der Waals surface area contributed by atoms with E-state index in [1.807, 2.05) is 0 Å². The Morgan fingerprint density at radius 1 is 1.56 bits per heavy atom. The molecule has 0 saturated heterocycles. The van der Waals surface area contributed by atoms with Crippen molar-refractivity contribution in [3.63, 3.8) is 0 Å². The topological polar surface area (TPSA) is 93.2 Å². The van der Waals surface area contributed by atoms with Crippen LogP contribution in [0.1, 0.15) is 19.4 Å². The Morgan fingerprint density at radius 2 is 2.17 bits per heavy atom. The normalized spacial score (nSPS) is 13.2. The van der Waals surface area contributed by atoms with E-state index < -0.39 is 16.3 Å². The molecule has 0 spiro atoms. The largest absolute Gasteiger partial charge is 0.465 e. The number of nitro groups is 1. The van der Waals surface area contributed by atoms with Crippen LogP contribution in [0, 0.1) is 21.4 Å². The fourth-order valence-electron chi connectivity index (χ4n) is 1.55. The highest BCUT2D eigenvalue weighted by Crippen LogP contribution is 2.32. The molecule has 18 heavy (non-hydrogen) atoms. The number of ether oxygens (including phenoxy) is 1. The predicted molar refractivity (Wildman–Crippen MR) is 62.7 cm³/mol. The zero-order chi connectivity index (χ0) is 13.8. The third kappa shape index (κ3) is 2.30. The molecule has 0 aliphatic rings. The van der Waals surface area contributed by atoms with Gasteiger partial charge in [0.2, 0.25) is 0 Å². The van der Waals surface area contributed by atoms with Crippen LogP contribution in [0.15, 0.2) is 24.3 Å². The van der Waals surface area contributed by atoms with E-state index in [0.29, 0.717) is 0 Å². The molecule has 0 heterocycles. The molecule has 0 radical (unpaired) electrons. The molecule has 6 nitrogen and oxygen atoms in total. The Hall–Kier alpha value is -2.42. The number of carbonyl (C=O) groups is 1. The summed E-state index contributed by atoms with van der Waals surface area (Å²) in [6.45, 7) is 3.03. The summed E-state index contributed by atoms with van der Waals surface area (Å²) in [6.07, 6.45) is 0. The molecule has 0 bridgehead atoms. The Bertz CT molecular complexity index is 521. The minimum Gasteiger partial charge on any atom is -0.465 e. The van der Waals surface area contributed by atoms with Crippen molar-refractivity contribution in [1.29, 1.82) is 5.26 Å². The van der Waals surface area contributed by atoms with E-state index in [1.54, 1.807) is 13.0 Å². The van der Waals surface area contributed by atoms with Gasteiger partial charge in [-0.15, -0.1) is 0 Å². The number of benzene rings is 1. The molecule has 94 valence electrons. The predicted octanol–water partition coefficient (Wildman–Crippen LogP) is 1.94. The molecule has 1 atom stereocenters. The van der Waals surface area contributed by atoms with Gasteiger partial charge in [-0.05, 0) is 19.9 Å². The van der Waals surface area contributed by atoms with Gasteiger partial charge in [0.1, 0.15) is 0 Å². The van der Waals surface area contributed by atoms with E-state index in [-0.39, 0.29) is 17.9 Å². The molecule has 1 aromatic carbocycles. The summed E-state index contributed by atoms with van der Waals surface area (Å²) in [5.74, 6) is -0.790. The van der Waals surface area contributed by atoms with Crippen molar-refractivity contribution in [2.45, 2.75) is 19.3 Å². The lowest BCUT2D eigenvalue weighted by molar-refractivity contribution is -0.385. The number of hydrogen-bond acceptors (Lipinski definition) is 5. The van der Waals surface area contributed by atoms with Crippen molar-refractivity contribution in [2.24, 2.45) is 0 Å². The number of esters is 1. The molecular weight excluding hydrogens is 236 g/mol. The van der Waals surface area contributed by atoms with Gasteiger partial charge in [0.05, 0.1) is 23.2 Å². The van der Waals surface area contributed by atoms with Gasteiger partial charge in [-0.2, -0.15) is 5.26 Å². The quantitative estimate of drug-likeness (QED) is 0.461. The molecule has 0 unspecified atom stereocenters. The summed E-state index contributed by atoms with van der Waals surface area (Å²) in [4.78, 5) is 22.1. The van der Waals surface area contributed by atoms with Crippen LogP contribution >= 0.6 is 0 Å². The Morgan fingerprint density at radius 3 is 2.67 bits per heavy atom. The molecule has 0 saturated carbocycles. The van der Waals surface area contributed by atoms with Crippen LogP contribution in [0.5, 0.6) is 0 Å². The SMILES string of the molecule is CCOC(=O)[C@@](C)(C#N)c1ccccc1[N+](=O)[O-]. The van der Waals surface area contributed by atoms with Gasteiger partial charge in [-0.25, -0.2) is 4.79 Å². The second-order valence-corrected chi connectivity index (χ2v) is 3.73. The first-order valence-electron chi connectivity index (χ1n) is 5.29. The van der Waals surface area contributed by atoms with Crippen LogP contribution in [0.25, 0.3) is 0 Å². The summed E-state index contributed by atoms with van der Waals surface area (Å²) < 4.78 is 4.80. The molecule has 6 heteroatoms. The highest BCUT2D eigenvalue weighted by Gasteiger charge is 2.41. The lowest BCUT2D eigenvalue weighted by atomic mass is 9.83. The number of rotatable bonds is 4. The molecular formula is C12H12N2O4. The van der Waals surface area contributed by atoms with E-state index >= 15 is 0 Å². The van der Waals surface area contributed by atoms with Gasteiger partial charge in [0, 0.05) is 6.07 Å². The van der Waals surface area contributed by atoms with Gasteiger partial charge in [0.25, 0.3) is 5.69 Å². The van der Waals surface area contributed by atoms with Crippen molar-refractivity contribution in [1.82, 2.24) is 0 Å². The fourth-order valence-corrected chi connectivity index (χ4v) is 1.55. The second-order valence-electron chi connectivity index (χ2n) is 3.73. The van der Waals surface area contributed by atoms with Gasteiger partial charge in [-0.1, -0.05) is 12.1 Å². The van der Waals surface area contributed by atoms with Crippen LogP contribution in [0.3, 0.4) is 0 Å². The minimum absolute atomic E-state index is 0.0379. The minimum atomic E-state index is -1.68. The van der Waals surface area contributed by atoms with Crippen LogP contribution in [-0.2, 0) is 14.9 Å². The number of nitrogens with zero attached hydrogens (tertiary/aromatic N) is 2. The van der Waals surface area contributed by atoms with Gasteiger partial charge in [0.15, 0.2) is 5.41 Å². The highest BCUT2D eigenvalue weighted by molar-refractivity contribution is 5.87. The standard InChI is InChI=1S/C12H12N2O4/c1-3-18-11(15)12(2,8-13)9-6-4-5-7-10(9)14(16)17/h4-7H,3H2,1-2H3/t12-/m0/s1. The summed E-state index contributed by atoms with van der Waals surface area (Å²) in [6, 6.07) is 7.45. The van der Waals surface area contributed by atoms with E-state index in [2.05, 4.69) is 0 Å². The second kappa shape index (κ2) is 5.27. The van der Waals surface area contributed by atoms with Gasteiger partial charge >= 0.3 is 5.97 Å². The molecule has 1 aromatic rings. The van der Waals surface area contributed by atoms with Crippen LogP contribution < -0.4 is 0 Å². The number of hydrogen-bond donors (Lipinski definition) is 0. The maximum absolute atomic E-state index is 11.8. The third-order valence-corrected chi connectivity index (χ3v) is 2.55. The lowest BCUT2D eigenvalue weighted by Crippen LogP contribution is -2.33. The fraction of sp³-hybridized carbons (Fsp3) is 0.333. The Kier molecular flexibility index (Phi) is 4.00. The zero-order valence-electron chi connectivity index (χ0n) is 10.0. The van der Waals surface area contributed by atoms with Gasteiger partial charge < -0.3 is 4.74 Å². The molecule has 1 rings (SSSR count). The maximum atomic E-state index is 11.8. The van der Waals surface area contributed by atoms with Gasteiger partial charge in [-0.3, -0.25) is 10.1 Å². The molecule has 0 aliphatic heterocycles. The van der Waals surface area contributed by atoms with Crippen molar-refractivity contribution in [2.75, 3.05) is 6.61 Å². The average Bonchev–Trinajstić information content (AvgIpc) is 2.38. The van der Waals surface area contributed by atoms with Crippen LogP contribution in [0.2, 0.25) is 0 Å².